The van der Waals surface area contributed by atoms with Crippen molar-refractivity contribution in [1.29, 1.82) is 0 Å². The lowest BCUT2D eigenvalue weighted by molar-refractivity contribution is 0.0505. The lowest BCUT2D eigenvalue weighted by Crippen LogP contribution is -2.38. The van der Waals surface area contributed by atoms with Crippen molar-refractivity contribution in [3.8, 4) is 0 Å². The fourth-order valence-corrected chi connectivity index (χ4v) is 3.10. The quantitative estimate of drug-likeness (QED) is 0.894. The molecule has 1 fully saturated rings. The van der Waals surface area contributed by atoms with Gasteiger partial charge in [-0.2, -0.15) is 0 Å². The van der Waals surface area contributed by atoms with E-state index in [4.69, 9.17) is 4.74 Å². The van der Waals surface area contributed by atoms with Gasteiger partial charge in [-0.3, -0.25) is 0 Å². The molecular formula is C14H24N4O2S. The summed E-state index contributed by atoms with van der Waals surface area (Å²) < 4.78 is 5.28. The molecule has 2 N–H and O–H groups in total. The van der Waals surface area contributed by atoms with Crippen molar-refractivity contribution in [1.82, 2.24) is 15.5 Å². The van der Waals surface area contributed by atoms with Crippen LogP contribution in [0.2, 0.25) is 0 Å². The summed E-state index contributed by atoms with van der Waals surface area (Å²) in [6.07, 6.45) is 3.43. The van der Waals surface area contributed by atoms with Gasteiger partial charge in [0.2, 0.25) is 5.13 Å². The standard InChI is InChI=1S/C14H24N4O2S/c1-5-11-17-18-12(21-11)15-9-6-7-10(8-9)16-13(19)20-14(2,3)4/h9-10H,5-8H2,1-4H3,(H,15,18)(H,16,19). The average Bonchev–Trinajstić information content (AvgIpc) is 2.97. The number of alkyl carbamates (subject to hydrolysis) is 1. The summed E-state index contributed by atoms with van der Waals surface area (Å²) in [4.78, 5) is 11.7. The highest BCUT2D eigenvalue weighted by atomic mass is 32.1. The first-order chi connectivity index (χ1) is 9.85. The normalized spacial score (nSPS) is 22.1. The maximum Gasteiger partial charge on any atom is 0.407 e. The first kappa shape index (κ1) is 16.0. The Kier molecular flexibility index (Phi) is 5.03. The minimum absolute atomic E-state index is 0.163. The maximum atomic E-state index is 11.7. The third-order valence-electron chi connectivity index (χ3n) is 3.25. The predicted molar refractivity (Wildman–Crippen MR) is 83.7 cm³/mol. The number of anilines is 1. The summed E-state index contributed by atoms with van der Waals surface area (Å²) in [7, 11) is 0. The molecule has 2 atom stereocenters. The monoisotopic (exact) mass is 312 g/mol. The van der Waals surface area contributed by atoms with Gasteiger partial charge < -0.3 is 15.4 Å². The van der Waals surface area contributed by atoms with Gasteiger partial charge in [0.15, 0.2) is 0 Å². The average molecular weight is 312 g/mol. The van der Waals surface area contributed by atoms with Crippen molar-refractivity contribution < 1.29 is 9.53 Å². The van der Waals surface area contributed by atoms with Crippen LogP contribution in [-0.2, 0) is 11.2 Å². The van der Waals surface area contributed by atoms with Crippen LogP contribution in [-0.4, -0.2) is 34.0 Å². The lowest BCUT2D eigenvalue weighted by Gasteiger charge is -2.21. The Hall–Kier alpha value is -1.37. The largest absolute Gasteiger partial charge is 0.444 e. The number of nitrogens with zero attached hydrogens (tertiary/aromatic N) is 2. The second-order valence-corrected chi connectivity index (χ2v) is 7.41. The number of nitrogens with one attached hydrogen (secondary N) is 2. The fraction of sp³-hybridized carbons (Fsp3) is 0.786. The molecule has 1 aliphatic carbocycles. The van der Waals surface area contributed by atoms with Crippen LogP contribution in [0, 0.1) is 0 Å². The minimum atomic E-state index is -0.455. The molecule has 0 spiro atoms. The zero-order chi connectivity index (χ0) is 15.5. The molecule has 21 heavy (non-hydrogen) atoms. The fourth-order valence-electron chi connectivity index (χ4n) is 2.35. The van der Waals surface area contributed by atoms with Gasteiger partial charge in [0.1, 0.15) is 10.6 Å². The van der Waals surface area contributed by atoms with Gasteiger partial charge in [-0.1, -0.05) is 18.3 Å². The molecule has 0 saturated heterocycles. The summed E-state index contributed by atoms with van der Waals surface area (Å²) in [6.45, 7) is 7.67. The van der Waals surface area contributed by atoms with Crippen molar-refractivity contribution in [3.05, 3.63) is 5.01 Å². The van der Waals surface area contributed by atoms with Gasteiger partial charge in [-0.25, -0.2) is 4.79 Å². The van der Waals surface area contributed by atoms with E-state index < -0.39 is 5.60 Å². The lowest BCUT2D eigenvalue weighted by atomic mass is 10.2. The highest BCUT2D eigenvalue weighted by Crippen LogP contribution is 2.25. The number of carbonyl (C=O) groups is 1. The molecule has 0 radical (unpaired) electrons. The Morgan fingerprint density at radius 1 is 1.33 bits per heavy atom. The molecule has 0 bridgehead atoms. The van der Waals surface area contributed by atoms with E-state index in [-0.39, 0.29) is 12.1 Å². The van der Waals surface area contributed by atoms with E-state index >= 15 is 0 Å². The molecule has 1 amide bonds. The maximum absolute atomic E-state index is 11.7. The SMILES string of the molecule is CCc1nnc(NC2CCC(NC(=O)OC(C)(C)C)C2)s1. The topological polar surface area (TPSA) is 76.1 Å². The van der Waals surface area contributed by atoms with Crippen LogP contribution in [0.1, 0.15) is 52.0 Å². The van der Waals surface area contributed by atoms with Crippen LogP contribution in [0.5, 0.6) is 0 Å². The predicted octanol–water partition coefficient (Wildman–Crippen LogP) is 2.96. The summed E-state index contributed by atoms with van der Waals surface area (Å²) in [5.41, 5.74) is -0.455. The summed E-state index contributed by atoms with van der Waals surface area (Å²) in [5, 5.41) is 16.5. The van der Waals surface area contributed by atoms with Crippen molar-refractivity contribution in [2.75, 3.05) is 5.32 Å². The zero-order valence-electron chi connectivity index (χ0n) is 13.1. The molecule has 1 aliphatic rings. The molecular weight excluding hydrogens is 288 g/mol. The highest BCUT2D eigenvalue weighted by molar-refractivity contribution is 7.15. The van der Waals surface area contributed by atoms with Gasteiger partial charge >= 0.3 is 6.09 Å². The summed E-state index contributed by atoms with van der Waals surface area (Å²) in [5.74, 6) is 0. The molecule has 2 unspecified atom stereocenters. The first-order valence-corrected chi connectivity index (χ1v) is 8.26. The second kappa shape index (κ2) is 6.60. The van der Waals surface area contributed by atoms with Gasteiger partial charge in [0, 0.05) is 12.1 Å². The number of amides is 1. The molecule has 7 heteroatoms. The van der Waals surface area contributed by atoms with E-state index in [1.165, 1.54) is 0 Å². The molecule has 1 aromatic rings. The molecule has 1 heterocycles. The number of hydrogen-bond donors (Lipinski definition) is 2. The van der Waals surface area contributed by atoms with E-state index in [0.29, 0.717) is 6.04 Å². The van der Waals surface area contributed by atoms with Crippen molar-refractivity contribution in [2.24, 2.45) is 0 Å². The number of carbonyl (C=O) groups excluding carboxylic acids is 1. The molecule has 2 rings (SSSR count). The molecule has 118 valence electrons. The van der Waals surface area contributed by atoms with E-state index in [2.05, 4.69) is 27.8 Å². The number of aryl methyl sites for hydroxylation is 1. The van der Waals surface area contributed by atoms with Gasteiger partial charge in [-0.15, -0.1) is 10.2 Å². The van der Waals surface area contributed by atoms with Crippen LogP contribution in [0.15, 0.2) is 0 Å². The van der Waals surface area contributed by atoms with Crippen LogP contribution < -0.4 is 10.6 Å². The van der Waals surface area contributed by atoms with E-state index in [1.807, 2.05) is 20.8 Å². The first-order valence-electron chi connectivity index (χ1n) is 7.44. The Bertz CT molecular complexity index is 484. The Morgan fingerprint density at radius 3 is 2.67 bits per heavy atom. The number of hydrogen-bond acceptors (Lipinski definition) is 6. The van der Waals surface area contributed by atoms with Gasteiger partial charge in [0.25, 0.3) is 0 Å². The van der Waals surface area contributed by atoms with E-state index in [1.54, 1.807) is 11.3 Å². The Morgan fingerprint density at radius 2 is 2.05 bits per heavy atom. The van der Waals surface area contributed by atoms with Crippen LogP contribution in [0.4, 0.5) is 9.93 Å². The van der Waals surface area contributed by atoms with E-state index in [0.717, 1.165) is 35.8 Å². The molecule has 0 aliphatic heterocycles. The number of rotatable bonds is 4. The zero-order valence-corrected chi connectivity index (χ0v) is 13.9. The molecule has 1 saturated carbocycles. The van der Waals surface area contributed by atoms with Gasteiger partial charge in [-0.05, 0) is 46.5 Å². The second-order valence-electron chi connectivity index (χ2n) is 6.35. The van der Waals surface area contributed by atoms with Crippen LogP contribution in [0.25, 0.3) is 0 Å². The minimum Gasteiger partial charge on any atom is -0.444 e. The molecule has 1 aromatic heterocycles. The third kappa shape index (κ3) is 5.15. The van der Waals surface area contributed by atoms with Crippen LogP contribution in [0.3, 0.4) is 0 Å². The Labute approximate surface area is 129 Å². The molecule has 0 aromatic carbocycles. The summed E-state index contributed by atoms with van der Waals surface area (Å²) in [6, 6.07) is 0.499. The van der Waals surface area contributed by atoms with Crippen LogP contribution >= 0.6 is 11.3 Å². The smallest absolute Gasteiger partial charge is 0.407 e. The molecule has 6 nitrogen and oxygen atoms in total. The van der Waals surface area contributed by atoms with Crippen molar-refractivity contribution >= 4 is 22.6 Å². The summed E-state index contributed by atoms with van der Waals surface area (Å²) >= 11 is 1.60. The van der Waals surface area contributed by atoms with Crippen molar-refractivity contribution in [3.63, 3.8) is 0 Å². The number of ether oxygens (including phenoxy) is 1. The van der Waals surface area contributed by atoms with E-state index in [9.17, 15) is 4.79 Å². The van der Waals surface area contributed by atoms with Gasteiger partial charge in [0.05, 0.1) is 0 Å². The highest BCUT2D eigenvalue weighted by Gasteiger charge is 2.28. The third-order valence-corrected chi connectivity index (χ3v) is 4.25. The number of aromatic nitrogens is 2. The Balaban J connectivity index is 1.77. The van der Waals surface area contributed by atoms with Crippen molar-refractivity contribution in [2.45, 2.75) is 71.1 Å².